The third-order valence-electron chi connectivity index (χ3n) is 7.80. The Kier molecular flexibility index (Phi) is 8.31. The van der Waals surface area contributed by atoms with Gasteiger partial charge in [-0.3, -0.25) is 4.79 Å². The van der Waals surface area contributed by atoms with Crippen molar-refractivity contribution in [2.75, 3.05) is 43.0 Å². The molecule has 0 spiro atoms. The molecule has 0 radical (unpaired) electrons. The maximum atomic E-state index is 15.1. The summed E-state index contributed by atoms with van der Waals surface area (Å²) < 4.78 is 74.2. The van der Waals surface area contributed by atoms with Crippen molar-refractivity contribution in [2.24, 2.45) is 0 Å². The van der Waals surface area contributed by atoms with Crippen molar-refractivity contribution in [3.63, 3.8) is 0 Å². The largest absolute Gasteiger partial charge is 0.417 e. The lowest BCUT2D eigenvalue weighted by Crippen LogP contribution is -2.50. The first kappa shape index (κ1) is 28.6. The summed E-state index contributed by atoms with van der Waals surface area (Å²) in [6, 6.07) is 12.4. The Balaban J connectivity index is 1.07. The summed E-state index contributed by atoms with van der Waals surface area (Å²) in [5.74, 6) is -0.970. The first-order valence-corrected chi connectivity index (χ1v) is 13.5. The summed E-state index contributed by atoms with van der Waals surface area (Å²) in [5, 5.41) is 12.9. The van der Waals surface area contributed by atoms with Crippen LogP contribution in [0.4, 0.5) is 33.3 Å². The van der Waals surface area contributed by atoms with Gasteiger partial charge in [0.15, 0.2) is 5.82 Å². The second kappa shape index (κ2) is 11.9. The molecule has 1 heterocycles. The zero-order chi connectivity index (χ0) is 29.1. The first-order valence-electron chi connectivity index (χ1n) is 13.5. The maximum Gasteiger partial charge on any atom is 0.417 e. The first-order chi connectivity index (χ1) is 19.6. The highest BCUT2D eigenvalue weighted by atomic mass is 19.4. The number of piperazine rings is 1. The Hall–Kier alpha value is -3.91. The van der Waals surface area contributed by atoms with Gasteiger partial charge in [0, 0.05) is 43.3 Å². The molecule has 2 fully saturated rings. The molecule has 41 heavy (non-hydrogen) atoms. The summed E-state index contributed by atoms with van der Waals surface area (Å²) >= 11 is 0. The predicted octanol–water partition coefficient (Wildman–Crippen LogP) is 6.10. The van der Waals surface area contributed by atoms with Crippen LogP contribution in [0.2, 0.25) is 0 Å². The molecule has 1 N–H and O–H groups in total. The molecule has 1 aliphatic carbocycles. The van der Waals surface area contributed by atoms with Gasteiger partial charge in [0.05, 0.1) is 29.0 Å². The van der Waals surface area contributed by atoms with Gasteiger partial charge in [-0.15, -0.1) is 0 Å². The number of rotatable bonds is 6. The SMILES string of the molecule is N#Cc1ccc(NC2CCC(OCC(=O)N3CCN(c4ccc5cc(F)ccc5c4F)CC3)CC2)cc1C(F)(F)F. The van der Waals surface area contributed by atoms with Crippen LogP contribution in [0.15, 0.2) is 48.5 Å². The van der Waals surface area contributed by atoms with E-state index in [4.69, 9.17) is 10.00 Å². The number of carbonyl (C=O) groups is 1. The Morgan fingerprint density at radius 3 is 2.39 bits per heavy atom. The topological polar surface area (TPSA) is 68.6 Å². The minimum atomic E-state index is -4.61. The number of alkyl halides is 3. The lowest BCUT2D eigenvalue weighted by Gasteiger charge is -2.36. The van der Waals surface area contributed by atoms with Crippen LogP contribution in [-0.4, -0.2) is 55.7 Å². The van der Waals surface area contributed by atoms with E-state index in [0.717, 1.165) is 6.07 Å². The van der Waals surface area contributed by atoms with Gasteiger partial charge in [0.25, 0.3) is 0 Å². The van der Waals surface area contributed by atoms with E-state index in [1.54, 1.807) is 23.1 Å². The molecule has 3 aromatic rings. The quantitative estimate of drug-likeness (QED) is 0.362. The van der Waals surface area contributed by atoms with Crippen molar-refractivity contribution < 1.29 is 31.5 Å². The Morgan fingerprint density at radius 1 is 0.976 bits per heavy atom. The van der Waals surface area contributed by atoms with E-state index in [-0.39, 0.29) is 24.7 Å². The molecule has 11 heteroatoms. The molecule has 0 aromatic heterocycles. The molecule has 0 atom stereocenters. The van der Waals surface area contributed by atoms with Crippen LogP contribution in [0.1, 0.15) is 36.8 Å². The molecule has 1 saturated heterocycles. The average molecular weight is 573 g/mol. The average Bonchev–Trinajstić information content (AvgIpc) is 2.96. The fourth-order valence-corrected chi connectivity index (χ4v) is 5.55. The summed E-state index contributed by atoms with van der Waals surface area (Å²) in [6.45, 7) is 1.69. The molecule has 1 aliphatic heterocycles. The molecule has 1 saturated carbocycles. The summed E-state index contributed by atoms with van der Waals surface area (Å²) in [4.78, 5) is 16.3. The van der Waals surface area contributed by atoms with E-state index < -0.39 is 28.9 Å². The minimum Gasteiger partial charge on any atom is -0.382 e. The van der Waals surface area contributed by atoms with Gasteiger partial charge in [-0.2, -0.15) is 18.4 Å². The molecule has 216 valence electrons. The number of amides is 1. The van der Waals surface area contributed by atoms with Crippen LogP contribution >= 0.6 is 0 Å². The smallest absolute Gasteiger partial charge is 0.382 e. The van der Waals surface area contributed by atoms with Crippen molar-refractivity contribution in [1.29, 1.82) is 5.26 Å². The number of fused-ring (bicyclic) bond motifs is 1. The standard InChI is InChI=1S/C30H29F5N4O2/c31-21-3-9-25-19(15-21)2-10-27(29(25)32)38-11-13-39(14-12-38)28(40)18-41-24-7-5-22(6-8-24)37-23-4-1-20(17-36)26(16-23)30(33,34)35/h1-4,9-10,15-16,22,24,37H,5-8,11-14,18H2. The molecular weight excluding hydrogens is 543 g/mol. The van der Waals surface area contributed by atoms with Gasteiger partial charge in [0.1, 0.15) is 12.4 Å². The number of anilines is 2. The molecule has 0 bridgehead atoms. The third-order valence-corrected chi connectivity index (χ3v) is 7.80. The molecule has 5 rings (SSSR count). The number of hydrogen-bond donors (Lipinski definition) is 1. The second-order valence-corrected chi connectivity index (χ2v) is 10.4. The van der Waals surface area contributed by atoms with E-state index >= 15 is 4.39 Å². The van der Waals surface area contributed by atoms with E-state index in [1.807, 2.05) is 4.90 Å². The molecule has 6 nitrogen and oxygen atoms in total. The third kappa shape index (κ3) is 6.54. The predicted molar refractivity (Wildman–Crippen MR) is 144 cm³/mol. The van der Waals surface area contributed by atoms with Crippen molar-refractivity contribution in [3.05, 3.63) is 71.3 Å². The van der Waals surface area contributed by atoms with E-state index in [9.17, 15) is 22.4 Å². The van der Waals surface area contributed by atoms with Crippen molar-refractivity contribution in [2.45, 2.75) is 44.0 Å². The number of carbonyl (C=O) groups excluding carboxylic acids is 1. The van der Waals surface area contributed by atoms with Crippen LogP contribution in [0, 0.1) is 23.0 Å². The van der Waals surface area contributed by atoms with Gasteiger partial charge in [-0.05, 0) is 73.5 Å². The van der Waals surface area contributed by atoms with Crippen LogP contribution in [0.3, 0.4) is 0 Å². The number of ether oxygens (including phenoxy) is 1. The highest BCUT2D eigenvalue weighted by Crippen LogP contribution is 2.34. The minimum absolute atomic E-state index is 0.0397. The molecule has 0 unspecified atom stereocenters. The van der Waals surface area contributed by atoms with Crippen LogP contribution in [-0.2, 0) is 15.7 Å². The number of nitriles is 1. The lowest BCUT2D eigenvalue weighted by atomic mass is 9.92. The molecule has 3 aromatic carbocycles. The van der Waals surface area contributed by atoms with E-state index in [1.165, 1.54) is 30.3 Å². The summed E-state index contributed by atoms with van der Waals surface area (Å²) in [7, 11) is 0. The Bertz CT molecular complexity index is 1460. The highest BCUT2D eigenvalue weighted by Gasteiger charge is 2.34. The van der Waals surface area contributed by atoms with Crippen LogP contribution in [0.25, 0.3) is 10.8 Å². The maximum absolute atomic E-state index is 15.1. The fourth-order valence-electron chi connectivity index (χ4n) is 5.55. The van der Waals surface area contributed by atoms with Crippen molar-refractivity contribution in [3.8, 4) is 6.07 Å². The van der Waals surface area contributed by atoms with Gasteiger partial charge in [-0.1, -0.05) is 6.07 Å². The zero-order valence-corrected chi connectivity index (χ0v) is 22.2. The second-order valence-electron chi connectivity index (χ2n) is 10.4. The van der Waals surface area contributed by atoms with E-state index in [2.05, 4.69) is 5.32 Å². The summed E-state index contributed by atoms with van der Waals surface area (Å²) in [5.41, 5.74) is -0.633. The number of hydrogen-bond acceptors (Lipinski definition) is 5. The summed E-state index contributed by atoms with van der Waals surface area (Å²) in [6.07, 6.45) is -2.08. The number of nitrogens with one attached hydrogen (secondary N) is 1. The lowest BCUT2D eigenvalue weighted by molar-refractivity contribution is -0.139. The van der Waals surface area contributed by atoms with Gasteiger partial charge >= 0.3 is 6.18 Å². The van der Waals surface area contributed by atoms with Gasteiger partial charge < -0.3 is 19.9 Å². The van der Waals surface area contributed by atoms with Gasteiger partial charge in [-0.25, -0.2) is 8.78 Å². The fraction of sp³-hybridized carbons (Fsp3) is 0.400. The Labute approximate surface area is 234 Å². The molecular formula is C30H29F5N4O2. The van der Waals surface area contributed by atoms with Crippen LogP contribution in [0.5, 0.6) is 0 Å². The monoisotopic (exact) mass is 572 g/mol. The normalized spacial score (nSPS) is 19.7. The highest BCUT2D eigenvalue weighted by molar-refractivity contribution is 5.87. The van der Waals surface area contributed by atoms with Gasteiger partial charge in [0.2, 0.25) is 5.91 Å². The Morgan fingerprint density at radius 2 is 1.71 bits per heavy atom. The van der Waals surface area contributed by atoms with Crippen molar-refractivity contribution in [1.82, 2.24) is 4.90 Å². The van der Waals surface area contributed by atoms with Crippen LogP contribution < -0.4 is 10.2 Å². The zero-order valence-electron chi connectivity index (χ0n) is 22.2. The number of benzene rings is 3. The van der Waals surface area contributed by atoms with E-state index in [0.29, 0.717) is 74.0 Å². The number of halogens is 5. The van der Waals surface area contributed by atoms with Crippen molar-refractivity contribution >= 4 is 28.1 Å². The molecule has 1 amide bonds. The number of nitrogens with zero attached hydrogens (tertiary/aromatic N) is 3. The molecule has 2 aliphatic rings.